The normalized spacial score (nSPS) is 29.3. The number of rotatable bonds is 4. The van der Waals surface area contributed by atoms with Crippen LogP contribution in [0.25, 0.3) is 0 Å². The Balaban J connectivity index is 1.62. The van der Waals surface area contributed by atoms with Gasteiger partial charge < -0.3 is 15.2 Å². The van der Waals surface area contributed by atoms with Crippen LogP contribution in [0, 0.1) is 11.8 Å². The topological polar surface area (TPSA) is 108 Å². The molecule has 0 radical (unpaired) electrons. The fourth-order valence-electron chi connectivity index (χ4n) is 5.34. The highest BCUT2D eigenvalue weighted by molar-refractivity contribution is 6.31. The van der Waals surface area contributed by atoms with Gasteiger partial charge in [0.05, 0.1) is 31.6 Å². The molecule has 2 aromatic rings. The molecule has 3 N–H and O–H groups in total. The molecule has 3 aliphatic rings. The van der Waals surface area contributed by atoms with Crippen LogP contribution in [0.4, 0.5) is 5.69 Å². The molecule has 3 amide bonds. The molecular weight excluding hydrogens is 434 g/mol. The minimum atomic E-state index is -1.49. The van der Waals surface area contributed by atoms with Gasteiger partial charge in [0.1, 0.15) is 11.3 Å². The summed E-state index contributed by atoms with van der Waals surface area (Å²) in [6.07, 6.45) is -0.971. The maximum absolute atomic E-state index is 13.7. The lowest BCUT2D eigenvalue weighted by Crippen LogP contribution is -2.54. The molecule has 3 heterocycles. The van der Waals surface area contributed by atoms with E-state index in [-0.39, 0.29) is 6.54 Å². The molecule has 0 aromatic heterocycles. The maximum atomic E-state index is 13.7. The fraction of sp³-hybridized carbons (Fsp3) is 0.348. The second kappa shape index (κ2) is 7.30. The van der Waals surface area contributed by atoms with Crippen molar-refractivity contribution in [3.63, 3.8) is 0 Å². The van der Waals surface area contributed by atoms with Crippen LogP contribution in [0.3, 0.4) is 0 Å². The van der Waals surface area contributed by atoms with Gasteiger partial charge in [-0.1, -0.05) is 29.8 Å². The standard InChI is InChI=1S/C23H22ClN3O5/c1-11(28)19-17-18(23(26-19)14-9-13(24)7-8-15(14)25-22(23)31)21(30)27(20(17)29)10-12-5-3-4-6-16(12)32-2/h3-9,11,17-19,26,28H,10H2,1-2H3,(H,25,31)/t11-,17-,18-,19+,23+/m0/s1. The Kier molecular flexibility index (Phi) is 4.77. The number of imide groups is 1. The van der Waals surface area contributed by atoms with Crippen molar-refractivity contribution in [2.75, 3.05) is 12.4 Å². The molecule has 0 unspecified atom stereocenters. The first-order chi connectivity index (χ1) is 15.3. The molecule has 0 saturated carbocycles. The molecule has 0 aliphatic carbocycles. The van der Waals surface area contributed by atoms with Crippen molar-refractivity contribution in [1.82, 2.24) is 10.2 Å². The Morgan fingerprint density at radius 1 is 1.19 bits per heavy atom. The number of nitrogens with one attached hydrogen (secondary N) is 2. The van der Waals surface area contributed by atoms with Crippen LogP contribution in [0.5, 0.6) is 5.75 Å². The Morgan fingerprint density at radius 2 is 1.94 bits per heavy atom. The third-order valence-electron chi connectivity index (χ3n) is 6.74. The van der Waals surface area contributed by atoms with E-state index >= 15 is 0 Å². The number of hydrogen-bond donors (Lipinski definition) is 3. The molecule has 32 heavy (non-hydrogen) atoms. The van der Waals surface area contributed by atoms with E-state index in [1.165, 1.54) is 12.0 Å². The van der Waals surface area contributed by atoms with Crippen LogP contribution in [-0.4, -0.2) is 47.0 Å². The quantitative estimate of drug-likeness (QED) is 0.605. The van der Waals surface area contributed by atoms with Crippen LogP contribution in [0.2, 0.25) is 5.02 Å². The Bertz CT molecular complexity index is 1150. The van der Waals surface area contributed by atoms with E-state index < -0.39 is 47.2 Å². The molecule has 1 spiro atoms. The molecule has 8 nitrogen and oxygen atoms in total. The summed E-state index contributed by atoms with van der Waals surface area (Å²) in [5.41, 5.74) is 0.217. The first-order valence-electron chi connectivity index (χ1n) is 10.3. The minimum Gasteiger partial charge on any atom is -0.496 e. The molecule has 5 atom stereocenters. The number of amides is 3. The van der Waals surface area contributed by atoms with Gasteiger partial charge >= 0.3 is 0 Å². The third kappa shape index (κ3) is 2.73. The van der Waals surface area contributed by atoms with Crippen molar-refractivity contribution in [2.45, 2.75) is 31.2 Å². The van der Waals surface area contributed by atoms with Crippen LogP contribution in [-0.2, 0) is 26.5 Å². The van der Waals surface area contributed by atoms with E-state index in [2.05, 4.69) is 10.6 Å². The number of ether oxygens (including phenoxy) is 1. The summed E-state index contributed by atoms with van der Waals surface area (Å²) in [6, 6.07) is 11.3. The number of halogens is 1. The van der Waals surface area contributed by atoms with Crippen molar-refractivity contribution in [1.29, 1.82) is 0 Å². The van der Waals surface area contributed by atoms with Crippen LogP contribution < -0.4 is 15.4 Å². The largest absolute Gasteiger partial charge is 0.496 e. The van der Waals surface area contributed by atoms with E-state index in [1.54, 1.807) is 49.4 Å². The first-order valence-corrected chi connectivity index (χ1v) is 10.7. The molecule has 9 heteroatoms. The van der Waals surface area contributed by atoms with Gasteiger partial charge in [-0.2, -0.15) is 0 Å². The highest BCUT2D eigenvalue weighted by Crippen LogP contribution is 2.54. The predicted octanol–water partition coefficient (Wildman–Crippen LogP) is 1.65. The second-order valence-electron chi connectivity index (χ2n) is 8.44. The number of fused-ring (bicyclic) bond motifs is 4. The van der Waals surface area contributed by atoms with Gasteiger partial charge in [0.15, 0.2) is 0 Å². The summed E-state index contributed by atoms with van der Waals surface area (Å²) in [5, 5.41) is 16.8. The summed E-state index contributed by atoms with van der Waals surface area (Å²) >= 11 is 6.22. The van der Waals surface area contributed by atoms with E-state index in [4.69, 9.17) is 16.3 Å². The molecule has 3 aliphatic heterocycles. The molecule has 2 aromatic carbocycles. The average Bonchev–Trinajstić information content (AvgIpc) is 3.35. The average molecular weight is 456 g/mol. The van der Waals surface area contributed by atoms with Gasteiger partial charge in [0.25, 0.3) is 0 Å². The SMILES string of the molecule is COc1ccccc1CN1C(=O)[C@@H]2[C@@H]([C@H](C)O)N[C@@]3(C(=O)Nc4ccc(Cl)cc43)[C@@H]2C1=O. The Morgan fingerprint density at radius 3 is 2.66 bits per heavy atom. The summed E-state index contributed by atoms with van der Waals surface area (Å²) in [5.74, 6) is -2.68. The van der Waals surface area contributed by atoms with E-state index in [0.29, 0.717) is 27.6 Å². The second-order valence-corrected chi connectivity index (χ2v) is 8.88. The van der Waals surface area contributed by atoms with E-state index in [0.717, 1.165) is 0 Å². The summed E-state index contributed by atoms with van der Waals surface area (Å²) < 4.78 is 5.37. The van der Waals surface area contributed by atoms with Gasteiger partial charge in [-0.15, -0.1) is 0 Å². The lowest BCUT2D eigenvalue weighted by Gasteiger charge is -2.30. The van der Waals surface area contributed by atoms with Crippen molar-refractivity contribution in [3.8, 4) is 5.75 Å². The highest BCUT2D eigenvalue weighted by atomic mass is 35.5. The number of carbonyl (C=O) groups excluding carboxylic acids is 3. The molecule has 166 valence electrons. The van der Waals surface area contributed by atoms with Gasteiger partial charge in [-0.3, -0.25) is 24.6 Å². The maximum Gasteiger partial charge on any atom is 0.250 e. The number of likely N-dealkylation sites (tertiary alicyclic amines) is 1. The van der Waals surface area contributed by atoms with E-state index in [9.17, 15) is 19.5 Å². The zero-order chi connectivity index (χ0) is 22.8. The number of aliphatic hydroxyl groups is 1. The number of aliphatic hydroxyl groups excluding tert-OH is 1. The van der Waals surface area contributed by atoms with Crippen LogP contribution in [0.1, 0.15) is 18.1 Å². The molecule has 2 saturated heterocycles. The zero-order valence-corrected chi connectivity index (χ0v) is 18.2. The number of anilines is 1. The number of para-hydroxylation sites is 1. The number of benzene rings is 2. The van der Waals surface area contributed by atoms with Gasteiger partial charge in [-0.05, 0) is 31.2 Å². The van der Waals surface area contributed by atoms with Crippen molar-refractivity contribution in [3.05, 3.63) is 58.6 Å². The Hall–Kier alpha value is -2.94. The van der Waals surface area contributed by atoms with Gasteiger partial charge in [0, 0.05) is 27.9 Å². The zero-order valence-electron chi connectivity index (χ0n) is 17.5. The summed E-state index contributed by atoms with van der Waals surface area (Å²) in [6.45, 7) is 1.56. The summed E-state index contributed by atoms with van der Waals surface area (Å²) in [4.78, 5) is 41.7. The molecule has 2 fully saturated rings. The lowest BCUT2D eigenvalue weighted by molar-refractivity contribution is -0.143. The van der Waals surface area contributed by atoms with Crippen LogP contribution >= 0.6 is 11.6 Å². The van der Waals surface area contributed by atoms with Crippen molar-refractivity contribution >= 4 is 35.0 Å². The number of carbonyl (C=O) groups is 3. The van der Waals surface area contributed by atoms with Gasteiger partial charge in [-0.25, -0.2) is 0 Å². The van der Waals surface area contributed by atoms with Crippen molar-refractivity contribution < 1.29 is 24.2 Å². The number of nitrogens with zero attached hydrogens (tertiary/aromatic N) is 1. The van der Waals surface area contributed by atoms with Gasteiger partial charge in [0.2, 0.25) is 17.7 Å². The highest BCUT2D eigenvalue weighted by Gasteiger charge is 2.71. The third-order valence-corrected chi connectivity index (χ3v) is 6.98. The number of methoxy groups -OCH3 is 1. The fourth-order valence-corrected chi connectivity index (χ4v) is 5.51. The van der Waals surface area contributed by atoms with Crippen LogP contribution in [0.15, 0.2) is 42.5 Å². The molecular formula is C23H22ClN3O5. The molecule has 5 rings (SSSR count). The molecule has 0 bridgehead atoms. The minimum absolute atomic E-state index is 0.0152. The monoisotopic (exact) mass is 455 g/mol. The first kappa shape index (κ1) is 20.9. The summed E-state index contributed by atoms with van der Waals surface area (Å²) in [7, 11) is 1.52. The lowest BCUT2D eigenvalue weighted by atomic mass is 9.76. The van der Waals surface area contributed by atoms with Crippen molar-refractivity contribution in [2.24, 2.45) is 11.8 Å². The number of hydrogen-bond acceptors (Lipinski definition) is 6. The van der Waals surface area contributed by atoms with E-state index in [1.807, 2.05) is 0 Å². The Labute approximate surface area is 189 Å². The smallest absolute Gasteiger partial charge is 0.250 e. The predicted molar refractivity (Wildman–Crippen MR) is 116 cm³/mol.